The van der Waals surface area contributed by atoms with E-state index >= 15 is 0 Å². The van der Waals surface area contributed by atoms with Crippen LogP contribution in [0.5, 0.6) is 0 Å². The minimum atomic E-state index is -0.845. The highest BCUT2D eigenvalue weighted by atomic mass is 35.5. The van der Waals surface area contributed by atoms with Crippen molar-refractivity contribution in [2.75, 3.05) is 13.1 Å². The Hall–Kier alpha value is -1.26. The molecular formula is C12H11Cl2NO3. The number of hydrogen-bond donors (Lipinski definition) is 1. The predicted molar refractivity (Wildman–Crippen MR) is 68.1 cm³/mol. The fraction of sp³-hybridized carbons (Fsp3) is 0.333. The zero-order chi connectivity index (χ0) is 13.3. The van der Waals surface area contributed by atoms with Gasteiger partial charge >= 0.3 is 5.97 Å². The van der Waals surface area contributed by atoms with Gasteiger partial charge in [-0.25, -0.2) is 0 Å². The highest BCUT2D eigenvalue weighted by molar-refractivity contribution is 6.39. The van der Waals surface area contributed by atoms with Gasteiger partial charge in [-0.05, 0) is 12.1 Å². The zero-order valence-electron chi connectivity index (χ0n) is 9.40. The summed E-state index contributed by atoms with van der Waals surface area (Å²) in [4.78, 5) is 24.2. The molecule has 0 radical (unpaired) electrons. The average Bonchev–Trinajstić information content (AvgIpc) is 2.22. The van der Waals surface area contributed by atoms with Crippen molar-refractivity contribution in [3.8, 4) is 0 Å². The van der Waals surface area contributed by atoms with Gasteiger partial charge in [-0.1, -0.05) is 29.3 Å². The summed E-state index contributed by atoms with van der Waals surface area (Å²) in [6.07, 6.45) is 0.0834. The number of aliphatic carboxylic acids is 1. The Morgan fingerprint density at radius 1 is 1.28 bits per heavy atom. The first-order valence-corrected chi connectivity index (χ1v) is 6.19. The Balaban J connectivity index is 2.04. The van der Waals surface area contributed by atoms with Crippen LogP contribution in [0.1, 0.15) is 16.8 Å². The molecule has 1 heterocycles. The molecule has 0 bridgehead atoms. The van der Waals surface area contributed by atoms with Gasteiger partial charge in [0.2, 0.25) is 0 Å². The Labute approximate surface area is 114 Å². The van der Waals surface area contributed by atoms with Crippen molar-refractivity contribution >= 4 is 35.1 Å². The molecule has 0 spiro atoms. The summed E-state index contributed by atoms with van der Waals surface area (Å²) in [5.74, 6) is -1.07. The van der Waals surface area contributed by atoms with E-state index in [-0.39, 0.29) is 23.8 Å². The molecule has 96 valence electrons. The van der Waals surface area contributed by atoms with E-state index < -0.39 is 5.97 Å². The summed E-state index contributed by atoms with van der Waals surface area (Å²) in [7, 11) is 0. The standard InChI is InChI=1S/C12H11Cl2NO3/c13-8-2-1-3-9(14)11(8)12(18)15-5-7(6-15)4-10(16)17/h1-3,7H,4-6H2,(H,16,17). The Morgan fingerprint density at radius 2 is 1.83 bits per heavy atom. The van der Waals surface area contributed by atoms with Gasteiger partial charge < -0.3 is 10.0 Å². The average molecular weight is 288 g/mol. The summed E-state index contributed by atoms with van der Waals surface area (Å²) < 4.78 is 0. The van der Waals surface area contributed by atoms with Gasteiger partial charge in [-0.2, -0.15) is 0 Å². The third-order valence-corrected chi connectivity index (χ3v) is 3.51. The number of likely N-dealkylation sites (tertiary alicyclic amines) is 1. The van der Waals surface area contributed by atoms with Crippen LogP contribution < -0.4 is 0 Å². The molecule has 2 rings (SSSR count). The van der Waals surface area contributed by atoms with E-state index in [1.165, 1.54) is 0 Å². The van der Waals surface area contributed by atoms with Crippen LogP contribution in [0.2, 0.25) is 10.0 Å². The second-order valence-electron chi connectivity index (χ2n) is 4.27. The molecule has 0 saturated carbocycles. The quantitative estimate of drug-likeness (QED) is 0.929. The Kier molecular flexibility index (Phi) is 3.78. The fourth-order valence-electron chi connectivity index (χ4n) is 1.97. The molecule has 6 heteroatoms. The lowest BCUT2D eigenvalue weighted by atomic mass is 9.95. The van der Waals surface area contributed by atoms with E-state index in [2.05, 4.69) is 0 Å². The number of hydrogen-bond acceptors (Lipinski definition) is 2. The first kappa shape index (κ1) is 13.2. The highest BCUT2D eigenvalue weighted by Gasteiger charge is 2.33. The molecule has 1 aliphatic heterocycles. The molecule has 1 aromatic rings. The number of amides is 1. The number of benzene rings is 1. The Bertz CT molecular complexity index is 478. The van der Waals surface area contributed by atoms with Crippen molar-refractivity contribution in [1.82, 2.24) is 4.90 Å². The summed E-state index contributed by atoms with van der Waals surface area (Å²) in [6, 6.07) is 4.88. The van der Waals surface area contributed by atoms with E-state index in [9.17, 15) is 9.59 Å². The van der Waals surface area contributed by atoms with E-state index in [0.717, 1.165) is 0 Å². The number of nitrogens with zero attached hydrogens (tertiary/aromatic N) is 1. The van der Waals surface area contributed by atoms with Crippen LogP contribution in [0.4, 0.5) is 0 Å². The highest BCUT2D eigenvalue weighted by Crippen LogP contribution is 2.29. The second kappa shape index (κ2) is 5.16. The van der Waals surface area contributed by atoms with Gasteiger partial charge in [0, 0.05) is 19.0 Å². The molecule has 1 amide bonds. The first-order valence-electron chi connectivity index (χ1n) is 5.44. The number of carboxylic acid groups (broad SMARTS) is 1. The van der Waals surface area contributed by atoms with Crippen molar-refractivity contribution in [2.24, 2.45) is 5.92 Å². The number of carboxylic acids is 1. The SMILES string of the molecule is O=C(O)CC1CN(C(=O)c2c(Cl)cccc2Cl)C1. The molecule has 0 atom stereocenters. The molecular weight excluding hydrogens is 277 g/mol. The lowest BCUT2D eigenvalue weighted by Crippen LogP contribution is -2.50. The summed E-state index contributed by atoms with van der Waals surface area (Å²) in [6.45, 7) is 0.874. The maximum Gasteiger partial charge on any atom is 0.303 e. The molecule has 1 aliphatic rings. The normalized spacial score (nSPS) is 15.3. The zero-order valence-corrected chi connectivity index (χ0v) is 10.9. The summed E-state index contributed by atoms with van der Waals surface area (Å²) >= 11 is 11.9. The molecule has 1 fully saturated rings. The van der Waals surface area contributed by atoms with Crippen LogP contribution in [0.3, 0.4) is 0 Å². The van der Waals surface area contributed by atoms with Gasteiger partial charge in [-0.3, -0.25) is 9.59 Å². The van der Waals surface area contributed by atoms with Gasteiger partial charge in [0.05, 0.1) is 22.0 Å². The van der Waals surface area contributed by atoms with Gasteiger partial charge in [0.25, 0.3) is 5.91 Å². The maximum atomic E-state index is 12.1. The predicted octanol–water partition coefficient (Wildman–Crippen LogP) is 2.54. The number of rotatable bonds is 3. The van der Waals surface area contributed by atoms with Crippen LogP contribution in [0, 0.1) is 5.92 Å². The fourth-order valence-corrected chi connectivity index (χ4v) is 2.53. The van der Waals surface area contributed by atoms with Crippen molar-refractivity contribution < 1.29 is 14.7 Å². The lowest BCUT2D eigenvalue weighted by molar-refractivity contribution is -0.139. The number of halogens is 2. The van der Waals surface area contributed by atoms with Crippen LogP contribution in [-0.4, -0.2) is 35.0 Å². The summed E-state index contributed by atoms with van der Waals surface area (Å²) in [5.41, 5.74) is 0.287. The van der Waals surface area contributed by atoms with Gasteiger partial charge in [0.15, 0.2) is 0 Å². The second-order valence-corrected chi connectivity index (χ2v) is 5.09. The van der Waals surface area contributed by atoms with Crippen molar-refractivity contribution in [3.63, 3.8) is 0 Å². The van der Waals surface area contributed by atoms with Crippen LogP contribution >= 0.6 is 23.2 Å². The van der Waals surface area contributed by atoms with E-state index in [4.69, 9.17) is 28.3 Å². The maximum absolute atomic E-state index is 12.1. The topological polar surface area (TPSA) is 57.6 Å². The first-order chi connectivity index (χ1) is 8.49. The smallest absolute Gasteiger partial charge is 0.303 e. The molecule has 1 aromatic carbocycles. The number of carbonyl (C=O) groups excluding carboxylic acids is 1. The monoisotopic (exact) mass is 287 g/mol. The molecule has 1 saturated heterocycles. The van der Waals surface area contributed by atoms with Gasteiger partial charge in [-0.15, -0.1) is 0 Å². The summed E-state index contributed by atoms with van der Waals surface area (Å²) in [5, 5.41) is 9.26. The van der Waals surface area contributed by atoms with Crippen LogP contribution in [0.15, 0.2) is 18.2 Å². The van der Waals surface area contributed by atoms with E-state index in [0.29, 0.717) is 23.1 Å². The van der Waals surface area contributed by atoms with E-state index in [1.807, 2.05) is 0 Å². The minimum absolute atomic E-state index is 0.0210. The molecule has 1 N–H and O–H groups in total. The Morgan fingerprint density at radius 3 is 2.33 bits per heavy atom. The lowest BCUT2D eigenvalue weighted by Gasteiger charge is -2.38. The molecule has 18 heavy (non-hydrogen) atoms. The minimum Gasteiger partial charge on any atom is -0.481 e. The van der Waals surface area contributed by atoms with Crippen molar-refractivity contribution in [3.05, 3.63) is 33.8 Å². The third-order valence-electron chi connectivity index (χ3n) is 2.88. The van der Waals surface area contributed by atoms with Crippen molar-refractivity contribution in [1.29, 1.82) is 0 Å². The number of carbonyl (C=O) groups is 2. The van der Waals surface area contributed by atoms with Crippen LogP contribution in [-0.2, 0) is 4.79 Å². The van der Waals surface area contributed by atoms with Gasteiger partial charge in [0.1, 0.15) is 0 Å². The molecule has 4 nitrogen and oxygen atoms in total. The molecule has 0 unspecified atom stereocenters. The molecule has 0 aromatic heterocycles. The molecule has 0 aliphatic carbocycles. The van der Waals surface area contributed by atoms with E-state index in [1.54, 1.807) is 23.1 Å². The largest absolute Gasteiger partial charge is 0.481 e. The van der Waals surface area contributed by atoms with Crippen LogP contribution in [0.25, 0.3) is 0 Å². The van der Waals surface area contributed by atoms with Crippen molar-refractivity contribution in [2.45, 2.75) is 6.42 Å². The third kappa shape index (κ3) is 2.60.